The van der Waals surface area contributed by atoms with Crippen LogP contribution in [-0.4, -0.2) is 15.0 Å². The van der Waals surface area contributed by atoms with E-state index in [4.69, 9.17) is 21.5 Å². The molecule has 1 heterocycles. The summed E-state index contributed by atoms with van der Waals surface area (Å²) < 4.78 is 0. The van der Waals surface area contributed by atoms with Crippen molar-refractivity contribution in [2.75, 3.05) is 0 Å². The fraction of sp³-hybridized carbons (Fsp3) is 0. The summed E-state index contributed by atoms with van der Waals surface area (Å²) >= 11 is 0. The highest BCUT2D eigenvalue weighted by molar-refractivity contribution is 6.24. The minimum atomic E-state index is 0.636. The zero-order valence-corrected chi connectivity index (χ0v) is 32.4. The van der Waals surface area contributed by atoms with Gasteiger partial charge in [0.25, 0.3) is 0 Å². The Hall–Kier alpha value is -8.26. The Balaban J connectivity index is 0.990. The van der Waals surface area contributed by atoms with Gasteiger partial charge in [-0.25, -0.2) is 19.8 Å². The molecule has 4 heteroatoms. The van der Waals surface area contributed by atoms with Crippen LogP contribution in [0.4, 0.5) is 5.69 Å². The molecule has 60 heavy (non-hydrogen) atoms. The molecule has 0 radical (unpaired) electrons. The van der Waals surface area contributed by atoms with Crippen LogP contribution < -0.4 is 0 Å². The van der Waals surface area contributed by atoms with E-state index < -0.39 is 0 Å². The summed E-state index contributed by atoms with van der Waals surface area (Å²) in [5.74, 6) is 1.93. The van der Waals surface area contributed by atoms with Crippen molar-refractivity contribution < 1.29 is 0 Å². The van der Waals surface area contributed by atoms with Crippen LogP contribution in [0, 0.1) is 6.57 Å². The van der Waals surface area contributed by atoms with Gasteiger partial charge >= 0.3 is 0 Å². The molecule has 11 aromatic rings. The average molecular weight is 763 g/mol. The molecular weight excluding hydrogens is 729 g/mol. The third-order valence-electron chi connectivity index (χ3n) is 11.5. The summed E-state index contributed by atoms with van der Waals surface area (Å²) in [4.78, 5) is 18.4. The second-order valence-corrected chi connectivity index (χ2v) is 15.1. The highest BCUT2D eigenvalue weighted by Gasteiger charge is 2.16. The third-order valence-corrected chi connectivity index (χ3v) is 11.5. The zero-order chi connectivity index (χ0) is 40.0. The number of hydrogen-bond acceptors (Lipinski definition) is 3. The molecule has 0 saturated carbocycles. The van der Waals surface area contributed by atoms with Crippen molar-refractivity contribution in [1.29, 1.82) is 0 Å². The van der Waals surface area contributed by atoms with Crippen LogP contribution in [0.3, 0.4) is 0 Å². The predicted molar refractivity (Wildman–Crippen MR) is 249 cm³/mol. The summed E-state index contributed by atoms with van der Waals surface area (Å²) in [5, 5.41) is 9.63. The van der Waals surface area contributed by atoms with Gasteiger partial charge in [0.2, 0.25) is 0 Å². The summed E-state index contributed by atoms with van der Waals surface area (Å²) in [7, 11) is 0. The Morgan fingerprint density at radius 1 is 0.283 bits per heavy atom. The molecule has 1 aromatic heterocycles. The topological polar surface area (TPSA) is 43.0 Å². The lowest BCUT2D eigenvalue weighted by molar-refractivity contribution is 1.07. The molecule has 4 nitrogen and oxygen atoms in total. The van der Waals surface area contributed by atoms with Crippen LogP contribution in [0.5, 0.6) is 0 Å². The van der Waals surface area contributed by atoms with Gasteiger partial charge in [0.1, 0.15) is 0 Å². The highest BCUT2D eigenvalue weighted by Crippen LogP contribution is 2.42. The van der Waals surface area contributed by atoms with E-state index in [1.807, 2.05) is 72.8 Å². The number of rotatable bonds is 6. The molecule has 0 aliphatic heterocycles. The van der Waals surface area contributed by atoms with Gasteiger partial charge in [0.05, 0.1) is 6.57 Å². The van der Waals surface area contributed by atoms with Crippen LogP contribution in [-0.2, 0) is 0 Å². The Bertz CT molecular complexity index is 3420. The van der Waals surface area contributed by atoms with E-state index in [2.05, 4.69) is 138 Å². The van der Waals surface area contributed by atoms with Crippen molar-refractivity contribution in [3.8, 4) is 67.5 Å². The normalized spacial score (nSPS) is 11.3. The fourth-order valence-electron chi connectivity index (χ4n) is 8.51. The van der Waals surface area contributed by atoms with Gasteiger partial charge in [0, 0.05) is 16.7 Å². The van der Waals surface area contributed by atoms with Gasteiger partial charge in [0.15, 0.2) is 23.2 Å². The van der Waals surface area contributed by atoms with E-state index in [1.54, 1.807) is 0 Å². The van der Waals surface area contributed by atoms with Crippen LogP contribution in [0.25, 0.3) is 115 Å². The third kappa shape index (κ3) is 6.23. The lowest BCUT2D eigenvalue weighted by Crippen LogP contribution is -2.00. The van der Waals surface area contributed by atoms with E-state index in [9.17, 15) is 0 Å². The Morgan fingerprint density at radius 2 is 0.700 bits per heavy atom. The Kier molecular flexibility index (Phi) is 8.50. The van der Waals surface area contributed by atoms with E-state index >= 15 is 0 Å². The first-order valence-corrected chi connectivity index (χ1v) is 20.0. The van der Waals surface area contributed by atoms with Crippen molar-refractivity contribution in [3.05, 3.63) is 218 Å². The molecule has 11 rings (SSSR count). The van der Waals surface area contributed by atoms with Crippen molar-refractivity contribution in [3.63, 3.8) is 0 Å². The quantitative estimate of drug-likeness (QED) is 0.125. The number of benzene rings is 10. The number of hydrogen-bond donors (Lipinski definition) is 0. The average Bonchev–Trinajstić information content (AvgIpc) is 3.33. The smallest absolute Gasteiger partial charge is 0.187 e. The van der Waals surface area contributed by atoms with E-state index in [0.717, 1.165) is 33.4 Å². The molecule has 278 valence electrons. The van der Waals surface area contributed by atoms with Gasteiger partial charge in [-0.3, -0.25) is 0 Å². The highest BCUT2D eigenvalue weighted by atomic mass is 15.0. The van der Waals surface area contributed by atoms with Gasteiger partial charge in [-0.05, 0) is 107 Å². The summed E-state index contributed by atoms with van der Waals surface area (Å²) in [6, 6.07) is 72.2. The van der Waals surface area contributed by atoms with Gasteiger partial charge in [-0.15, -0.1) is 0 Å². The monoisotopic (exact) mass is 762 g/mol. The number of aromatic nitrogens is 3. The van der Waals surface area contributed by atoms with Crippen molar-refractivity contribution in [2.45, 2.75) is 0 Å². The first-order chi connectivity index (χ1) is 29.7. The summed E-state index contributed by atoms with van der Waals surface area (Å²) in [6.45, 7) is 7.44. The maximum Gasteiger partial charge on any atom is 0.187 e. The van der Waals surface area contributed by atoms with Crippen LogP contribution in [0.1, 0.15) is 0 Å². The first-order valence-electron chi connectivity index (χ1n) is 20.0. The molecular formula is C56H34N4. The standard InChI is InChI=1S/C56H34N4/c1-57-45-29-27-36(28-30-45)50-34-52-49-22-11-9-20-47(49)51(35-53(52)48-21-10-8-19-46(48)50)43-26-25-41-31-40(23-24-42(41)32-43)39-17-12-18-44(33-39)56-59-54(37-13-4-2-5-14-37)58-55(60-56)38-15-6-3-7-16-38/h2-35H. The second kappa shape index (κ2) is 14.6. The molecule has 0 fully saturated rings. The molecule has 0 spiro atoms. The minimum Gasteiger partial charge on any atom is -0.238 e. The molecule has 0 unspecified atom stereocenters. The molecule has 0 aliphatic carbocycles. The summed E-state index contributed by atoms with van der Waals surface area (Å²) in [6.07, 6.45) is 0. The number of nitrogens with zero attached hydrogens (tertiary/aromatic N) is 4. The molecule has 0 bridgehead atoms. The minimum absolute atomic E-state index is 0.636. The zero-order valence-electron chi connectivity index (χ0n) is 32.4. The van der Waals surface area contributed by atoms with Gasteiger partial charge in [-0.1, -0.05) is 176 Å². The molecule has 0 amide bonds. The maximum absolute atomic E-state index is 7.44. The van der Waals surface area contributed by atoms with Gasteiger partial charge in [-0.2, -0.15) is 0 Å². The molecule has 0 saturated heterocycles. The SMILES string of the molecule is [C-]#[N+]c1ccc(-c2cc3c4ccccc4c(-c4ccc5cc(-c6cccc(-c7nc(-c8ccccc8)nc(-c8ccccc8)n7)c6)ccc5c4)cc3c3ccccc23)cc1. The van der Waals surface area contributed by atoms with E-state index in [-0.39, 0.29) is 0 Å². The van der Waals surface area contributed by atoms with Crippen LogP contribution in [0.2, 0.25) is 0 Å². The molecule has 10 aromatic carbocycles. The predicted octanol–water partition coefficient (Wildman–Crippen LogP) is 15.0. The molecule has 0 N–H and O–H groups in total. The number of fused-ring (bicyclic) bond motifs is 6. The van der Waals surface area contributed by atoms with Crippen LogP contribution >= 0.6 is 0 Å². The fourth-order valence-corrected chi connectivity index (χ4v) is 8.51. The van der Waals surface area contributed by atoms with E-state index in [1.165, 1.54) is 59.8 Å². The first kappa shape index (κ1) is 34.9. The largest absolute Gasteiger partial charge is 0.238 e. The second-order valence-electron chi connectivity index (χ2n) is 15.1. The summed E-state index contributed by atoms with van der Waals surface area (Å²) in [5.41, 5.74) is 10.3. The Labute approximate surface area is 347 Å². The molecule has 0 aliphatic rings. The van der Waals surface area contributed by atoms with Crippen molar-refractivity contribution in [2.24, 2.45) is 0 Å². The lowest BCUT2D eigenvalue weighted by Gasteiger charge is -2.16. The Morgan fingerprint density at radius 3 is 1.27 bits per heavy atom. The maximum atomic E-state index is 7.44. The molecule has 0 atom stereocenters. The van der Waals surface area contributed by atoms with Crippen LogP contribution in [0.15, 0.2) is 206 Å². The van der Waals surface area contributed by atoms with Crippen molar-refractivity contribution in [1.82, 2.24) is 15.0 Å². The van der Waals surface area contributed by atoms with Gasteiger partial charge < -0.3 is 0 Å². The van der Waals surface area contributed by atoms with Crippen molar-refractivity contribution >= 4 is 48.8 Å². The van der Waals surface area contributed by atoms with E-state index in [0.29, 0.717) is 23.2 Å². The lowest BCUT2D eigenvalue weighted by atomic mass is 9.87.